The van der Waals surface area contributed by atoms with Gasteiger partial charge in [-0.2, -0.15) is 0 Å². The third-order valence-corrected chi connectivity index (χ3v) is 4.20. The van der Waals surface area contributed by atoms with Gasteiger partial charge in [-0.05, 0) is 30.4 Å². The molecule has 1 fully saturated rings. The van der Waals surface area contributed by atoms with E-state index >= 15 is 0 Å². The highest BCUT2D eigenvalue weighted by Crippen LogP contribution is 2.36. The summed E-state index contributed by atoms with van der Waals surface area (Å²) in [7, 11) is 0. The zero-order chi connectivity index (χ0) is 12.8. The second-order valence-electron chi connectivity index (χ2n) is 6.20. The van der Waals surface area contributed by atoms with Crippen LogP contribution in [-0.2, 0) is 0 Å². The maximum atomic E-state index is 12.6. The van der Waals surface area contributed by atoms with Crippen molar-refractivity contribution < 1.29 is 4.79 Å². The smallest absolute Gasteiger partial charge is 0.256 e. The molecule has 2 aliphatic heterocycles. The molecule has 3 nitrogen and oxygen atoms in total. The van der Waals surface area contributed by atoms with E-state index in [0.717, 1.165) is 37.2 Å². The second-order valence-corrected chi connectivity index (χ2v) is 6.20. The predicted octanol–water partition coefficient (Wildman–Crippen LogP) is 2.74. The van der Waals surface area contributed by atoms with Crippen molar-refractivity contribution in [1.82, 2.24) is 4.90 Å². The first kappa shape index (κ1) is 11.6. The number of rotatable bonds is 0. The van der Waals surface area contributed by atoms with Gasteiger partial charge in [-0.15, -0.1) is 0 Å². The van der Waals surface area contributed by atoms with Crippen LogP contribution in [0.1, 0.15) is 37.0 Å². The summed E-state index contributed by atoms with van der Waals surface area (Å²) >= 11 is 0. The number of carbonyl (C=O) groups excluding carboxylic acids is 1. The maximum absolute atomic E-state index is 12.6. The van der Waals surface area contributed by atoms with Crippen LogP contribution < -0.4 is 5.32 Å². The topological polar surface area (TPSA) is 32.3 Å². The first-order chi connectivity index (χ1) is 8.57. The third-order valence-electron chi connectivity index (χ3n) is 4.20. The van der Waals surface area contributed by atoms with Gasteiger partial charge in [0.1, 0.15) is 0 Å². The molecule has 18 heavy (non-hydrogen) atoms. The minimum Gasteiger partial charge on any atom is -0.382 e. The quantitative estimate of drug-likeness (QED) is 0.761. The fourth-order valence-electron chi connectivity index (χ4n) is 3.11. The summed E-state index contributed by atoms with van der Waals surface area (Å²) in [6, 6.07) is 8.16. The van der Waals surface area contributed by atoms with E-state index in [1.54, 1.807) is 0 Å². The number of nitrogens with zero attached hydrogens (tertiary/aromatic N) is 1. The average molecular weight is 244 g/mol. The molecule has 3 heteroatoms. The molecule has 1 N–H and O–H groups in total. The van der Waals surface area contributed by atoms with Crippen molar-refractivity contribution >= 4 is 11.6 Å². The van der Waals surface area contributed by atoms with Crippen LogP contribution in [0.5, 0.6) is 0 Å². The highest BCUT2D eigenvalue weighted by atomic mass is 16.2. The molecule has 0 spiro atoms. The van der Waals surface area contributed by atoms with Gasteiger partial charge in [0.05, 0.1) is 5.56 Å². The molecule has 1 aromatic rings. The van der Waals surface area contributed by atoms with E-state index in [-0.39, 0.29) is 5.91 Å². The van der Waals surface area contributed by atoms with Gasteiger partial charge in [-0.1, -0.05) is 26.0 Å². The van der Waals surface area contributed by atoms with Gasteiger partial charge < -0.3 is 10.2 Å². The zero-order valence-electron chi connectivity index (χ0n) is 11.1. The molecule has 96 valence electrons. The summed E-state index contributed by atoms with van der Waals surface area (Å²) in [4.78, 5) is 14.6. The van der Waals surface area contributed by atoms with Crippen molar-refractivity contribution in [3.05, 3.63) is 29.8 Å². The lowest BCUT2D eigenvalue weighted by molar-refractivity contribution is 0.0473. The molecule has 0 saturated carbocycles. The number of hydrogen-bond acceptors (Lipinski definition) is 2. The first-order valence-electron chi connectivity index (χ1n) is 6.71. The average Bonchev–Trinajstić information content (AvgIpc) is 2.47. The Bertz CT molecular complexity index is 481. The summed E-state index contributed by atoms with van der Waals surface area (Å²) in [5.74, 6) is 0.191. The molecule has 0 bridgehead atoms. The van der Waals surface area contributed by atoms with E-state index < -0.39 is 0 Å². The van der Waals surface area contributed by atoms with Crippen molar-refractivity contribution in [2.45, 2.75) is 32.7 Å². The van der Waals surface area contributed by atoms with Crippen molar-refractivity contribution in [3.63, 3.8) is 0 Å². The molecule has 0 aromatic heterocycles. The summed E-state index contributed by atoms with van der Waals surface area (Å²) in [6.07, 6.45) is 2.18. The molecule has 1 saturated heterocycles. The van der Waals surface area contributed by atoms with Gasteiger partial charge in [0.15, 0.2) is 0 Å². The summed E-state index contributed by atoms with van der Waals surface area (Å²) in [5, 5.41) is 3.43. The maximum Gasteiger partial charge on any atom is 0.256 e. The number of fused-ring (bicyclic) bond motifs is 2. The normalized spacial score (nSPS) is 25.8. The molecule has 0 unspecified atom stereocenters. The van der Waals surface area contributed by atoms with E-state index in [1.165, 1.54) is 0 Å². The Morgan fingerprint density at radius 1 is 1.33 bits per heavy atom. The molecule has 2 aliphatic rings. The van der Waals surface area contributed by atoms with Crippen molar-refractivity contribution in [2.24, 2.45) is 5.41 Å². The van der Waals surface area contributed by atoms with Crippen LogP contribution in [0, 0.1) is 5.41 Å². The minimum atomic E-state index is 0.191. The van der Waals surface area contributed by atoms with Crippen LogP contribution >= 0.6 is 0 Å². The van der Waals surface area contributed by atoms with Crippen LogP contribution in [0.2, 0.25) is 0 Å². The molecule has 3 rings (SSSR count). The molecule has 0 radical (unpaired) electrons. The molecule has 1 aromatic carbocycles. The standard InChI is InChI=1S/C15H20N2O/c1-15(2)7-8-17-11(9-15)10-16-13-6-4-3-5-12(13)14(17)18/h3-6,11,16H,7-10H2,1-2H3/t11-/m0/s1. The van der Waals surface area contributed by atoms with E-state index in [9.17, 15) is 4.79 Å². The van der Waals surface area contributed by atoms with Crippen LogP contribution in [-0.4, -0.2) is 29.9 Å². The number of anilines is 1. The number of carbonyl (C=O) groups is 1. The number of nitrogens with one attached hydrogen (secondary N) is 1. The van der Waals surface area contributed by atoms with E-state index in [0.29, 0.717) is 11.5 Å². The van der Waals surface area contributed by atoms with Gasteiger partial charge in [-0.3, -0.25) is 4.79 Å². The summed E-state index contributed by atoms with van der Waals surface area (Å²) in [5.41, 5.74) is 2.15. The molecule has 1 atom stereocenters. The number of amides is 1. The Hall–Kier alpha value is -1.51. The van der Waals surface area contributed by atoms with Crippen molar-refractivity contribution in [3.8, 4) is 0 Å². The first-order valence-corrected chi connectivity index (χ1v) is 6.71. The lowest BCUT2D eigenvalue weighted by atomic mass is 9.78. The molecule has 0 aliphatic carbocycles. The number of benzene rings is 1. The Morgan fingerprint density at radius 2 is 2.11 bits per heavy atom. The summed E-state index contributed by atoms with van der Waals surface area (Å²) < 4.78 is 0. The van der Waals surface area contributed by atoms with Crippen LogP contribution in [0.4, 0.5) is 5.69 Å². The van der Waals surface area contributed by atoms with Crippen LogP contribution in [0.3, 0.4) is 0 Å². The highest BCUT2D eigenvalue weighted by Gasteiger charge is 2.37. The Kier molecular flexibility index (Phi) is 2.58. The van der Waals surface area contributed by atoms with E-state index in [4.69, 9.17) is 0 Å². The SMILES string of the molecule is CC1(C)CCN2C(=O)c3ccccc3NC[C@@H]2C1. The van der Waals surface area contributed by atoms with Gasteiger partial charge in [0, 0.05) is 24.8 Å². The predicted molar refractivity (Wildman–Crippen MR) is 72.8 cm³/mol. The van der Waals surface area contributed by atoms with E-state index in [2.05, 4.69) is 24.1 Å². The van der Waals surface area contributed by atoms with Gasteiger partial charge in [0.25, 0.3) is 5.91 Å². The summed E-state index contributed by atoms with van der Waals surface area (Å²) in [6.45, 7) is 6.35. The fraction of sp³-hybridized carbons (Fsp3) is 0.533. The second kappa shape index (κ2) is 4.01. The largest absolute Gasteiger partial charge is 0.382 e. The fourth-order valence-corrected chi connectivity index (χ4v) is 3.11. The van der Waals surface area contributed by atoms with Gasteiger partial charge in [0.2, 0.25) is 0 Å². The lowest BCUT2D eigenvalue weighted by Gasteiger charge is -2.42. The third kappa shape index (κ3) is 1.88. The highest BCUT2D eigenvalue weighted by molar-refractivity contribution is 6.00. The minimum absolute atomic E-state index is 0.191. The lowest BCUT2D eigenvalue weighted by Crippen LogP contribution is -2.49. The molecule has 2 heterocycles. The van der Waals surface area contributed by atoms with Crippen LogP contribution in [0.25, 0.3) is 0 Å². The zero-order valence-corrected chi connectivity index (χ0v) is 11.1. The molecular weight excluding hydrogens is 224 g/mol. The molecule has 1 amide bonds. The number of hydrogen-bond donors (Lipinski definition) is 1. The van der Waals surface area contributed by atoms with Crippen molar-refractivity contribution in [1.29, 1.82) is 0 Å². The van der Waals surface area contributed by atoms with Crippen LogP contribution in [0.15, 0.2) is 24.3 Å². The monoisotopic (exact) mass is 244 g/mol. The Balaban J connectivity index is 1.94. The molecular formula is C15H20N2O. The van der Waals surface area contributed by atoms with Gasteiger partial charge in [-0.25, -0.2) is 0 Å². The Morgan fingerprint density at radius 3 is 2.94 bits per heavy atom. The number of piperidine rings is 1. The van der Waals surface area contributed by atoms with Gasteiger partial charge >= 0.3 is 0 Å². The Labute approximate surface area is 108 Å². The van der Waals surface area contributed by atoms with E-state index in [1.807, 2.05) is 24.3 Å². The number of para-hydroxylation sites is 1. The van der Waals surface area contributed by atoms with Crippen molar-refractivity contribution in [2.75, 3.05) is 18.4 Å².